The van der Waals surface area contributed by atoms with E-state index in [0.29, 0.717) is 11.7 Å². The average Bonchev–Trinajstić information content (AvgIpc) is 3.16. The summed E-state index contributed by atoms with van der Waals surface area (Å²) in [5.74, 6) is 0.822. The molecule has 8 heteroatoms. The van der Waals surface area contributed by atoms with Gasteiger partial charge in [0.1, 0.15) is 5.75 Å². The molecule has 29 heavy (non-hydrogen) atoms. The summed E-state index contributed by atoms with van der Waals surface area (Å²) in [5.41, 5.74) is 3.32. The van der Waals surface area contributed by atoms with E-state index < -0.39 is 0 Å². The number of aryl methyl sites for hydroxylation is 1. The van der Waals surface area contributed by atoms with Crippen LogP contribution in [0.3, 0.4) is 0 Å². The van der Waals surface area contributed by atoms with Crippen LogP contribution in [0, 0.1) is 6.92 Å². The first kappa shape index (κ1) is 21.1. The Morgan fingerprint density at radius 3 is 2.55 bits per heavy atom. The zero-order chi connectivity index (χ0) is 20.6. The van der Waals surface area contributed by atoms with Gasteiger partial charge in [0.25, 0.3) is 0 Å². The van der Waals surface area contributed by atoms with Crippen molar-refractivity contribution in [3.8, 4) is 5.75 Å². The molecule has 1 amide bonds. The Morgan fingerprint density at radius 1 is 1.14 bits per heavy atom. The molecule has 3 aromatic rings. The summed E-state index contributed by atoms with van der Waals surface area (Å²) in [6, 6.07) is 15.9. The number of benzene rings is 2. The molecule has 0 saturated carbocycles. The van der Waals surface area contributed by atoms with Crippen LogP contribution >= 0.6 is 23.1 Å². The van der Waals surface area contributed by atoms with E-state index in [-0.39, 0.29) is 11.2 Å². The molecule has 0 spiro atoms. The Bertz CT molecular complexity index is 927. The predicted octanol–water partition coefficient (Wildman–Crippen LogP) is 4.44. The first-order chi connectivity index (χ1) is 14.0. The van der Waals surface area contributed by atoms with Gasteiger partial charge >= 0.3 is 0 Å². The van der Waals surface area contributed by atoms with E-state index in [9.17, 15) is 4.79 Å². The van der Waals surface area contributed by atoms with Crippen molar-refractivity contribution < 1.29 is 9.53 Å². The van der Waals surface area contributed by atoms with Crippen molar-refractivity contribution in [2.45, 2.75) is 29.9 Å². The molecule has 152 valence electrons. The van der Waals surface area contributed by atoms with Crippen LogP contribution in [-0.4, -0.2) is 35.0 Å². The summed E-state index contributed by atoms with van der Waals surface area (Å²) in [6.45, 7) is 4.52. The second kappa shape index (κ2) is 10.3. The number of carbonyl (C=O) groups is 1. The lowest BCUT2D eigenvalue weighted by Crippen LogP contribution is -2.32. The van der Waals surface area contributed by atoms with E-state index in [1.165, 1.54) is 28.7 Å². The third kappa shape index (κ3) is 6.47. The van der Waals surface area contributed by atoms with E-state index >= 15 is 0 Å². The van der Waals surface area contributed by atoms with Crippen molar-refractivity contribution in [2.24, 2.45) is 0 Å². The van der Waals surface area contributed by atoms with Crippen LogP contribution in [0.2, 0.25) is 0 Å². The van der Waals surface area contributed by atoms with Gasteiger partial charge in [0.2, 0.25) is 11.0 Å². The minimum absolute atomic E-state index is 0.00763. The summed E-state index contributed by atoms with van der Waals surface area (Å²) in [7, 11) is 1.65. The maximum absolute atomic E-state index is 12.4. The Labute approximate surface area is 179 Å². The Kier molecular flexibility index (Phi) is 7.48. The summed E-state index contributed by atoms with van der Waals surface area (Å²) in [6.07, 6.45) is 0.774. The molecule has 0 aliphatic carbocycles. The van der Waals surface area contributed by atoms with Crippen LogP contribution in [-0.2, 0) is 11.2 Å². The van der Waals surface area contributed by atoms with Gasteiger partial charge in [0, 0.05) is 12.2 Å². The summed E-state index contributed by atoms with van der Waals surface area (Å²) in [4.78, 5) is 12.4. The number of rotatable bonds is 9. The number of ether oxygens (including phenoxy) is 1. The average molecular weight is 429 g/mol. The molecular formula is C21H24N4O2S2. The molecule has 1 aromatic heterocycles. The molecule has 0 saturated heterocycles. The van der Waals surface area contributed by atoms with E-state index in [1.54, 1.807) is 7.11 Å². The van der Waals surface area contributed by atoms with Crippen molar-refractivity contribution in [1.29, 1.82) is 0 Å². The molecule has 1 heterocycles. The van der Waals surface area contributed by atoms with Gasteiger partial charge in [-0.2, -0.15) is 0 Å². The molecule has 0 radical (unpaired) electrons. The van der Waals surface area contributed by atoms with Gasteiger partial charge in [-0.3, -0.25) is 4.79 Å². The number of aromatic nitrogens is 2. The third-order valence-electron chi connectivity index (χ3n) is 4.23. The number of thioether (sulfide) groups is 1. The maximum atomic E-state index is 12.4. The fraction of sp³-hybridized carbons (Fsp3) is 0.286. The molecule has 3 rings (SSSR count). The molecule has 0 fully saturated rings. The minimum atomic E-state index is -0.244. The lowest BCUT2D eigenvalue weighted by molar-refractivity contribution is -0.120. The zero-order valence-electron chi connectivity index (χ0n) is 16.6. The molecule has 1 unspecified atom stereocenters. The minimum Gasteiger partial charge on any atom is -0.497 e. The van der Waals surface area contributed by atoms with Crippen molar-refractivity contribution >= 4 is 39.8 Å². The van der Waals surface area contributed by atoms with Gasteiger partial charge < -0.3 is 15.4 Å². The smallest absolute Gasteiger partial charge is 0.233 e. The number of methoxy groups -OCH3 is 1. The number of nitrogens with zero attached hydrogens (tertiary/aromatic N) is 2. The fourth-order valence-corrected chi connectivity index (χ4v) is 4.48. The van der Waals surface area contributed by atoms with E-state index in [1.807, 2.05) is 62.4 Å². The van der Waals surface area contributed by atoms with Crippen LogP contribution < -0.4 is 15.4 Å². The molecule has 2 N–H and O–H groups in total. The maximum Gasteiger partial charge on any atom is 0.233 e. The summed E-state index contributed by atoms with van der Waals surface area (Å²) < 4.78 is 5.91. The topological polar surface area (TPSA) is 76.1 Å². The van der Waals surface area contributed by atoms with Crippen LogP contribution in [0.25, 0.3) is 0 Å². The number of hydrogen-bond acceptors (Lipinski definition) is 7. The van der Waals surface area contributed by atoms with Crippen molar-refractivity contribution in [2.75, 3.05) is 19.0 Å². The number of anilines is 2. The fourth-order valence-electron chi connectivity index (χ4n) is 2.54. The van der Waals surface area contributed by atoms with Gasteiger partial charge in [-0.15, -0.1) is 10.2 Å². The van der Waals surface area contributed by atoms with E-state index in [2.05, 4.69) is 20.8 Å². The highest BCUT2D eigenvalue weighted by atomic mass is 32.2. The van der Waals surface area contributed by atoms with Crippen LogP contribution in [0.1, 0.15) is 18.1 Å². The predicted molar refractivity (Wildman–Crippen MR) is 119 cm³/mol. The second-order valence-corrected chi connectivity index (χ2v) is 9.08. The SMILES string of the molecule is COc1ccc(CCNC(=O)C(C)Sc2nnc(Nc3ccc(C)cc3)s2)cc1. The lowest BCUT2D eigenvalue weighted by atomic mass is 10.1. The first-order valence-electron chi connectivity index (χ1n) is 9.28. The highest BCUT2D eigenvalue weighted by molar-refractivity contribution is 8.02. The van der Waals surface area contributed by atoms with E-state index in [0.717, 1.165) is 27.8 Å². The Balaban J connectivity index is 1.44. The highest BCUT2D eigenvalue weighted by Crippen LogP contribution is 2.30. The van der Waals surface area contributed by atoms with Gasteiger partial charge in [0.15, 0.2) is 4.34 Å². The standard InChI is InChI=1S/C21H24N4O2S2/c1-14-4-8-17(9-5-14)23-20-24-25-21(29-20)28-15(2)19(26)22-13-12-16-6-10-18(27-3)11-7-16/h4-11,15H,12-13H2,1-3H3,(H,22,26)(H,23,24). The van der Waals surface area contributed by atoms with Crippen LogP contribution in [0.15, 0.2) is 52.9 Å². The molecule has 1 atom stereocenters. The molecule has 2 aromatic carbocycles. The third-order valence-corrected chi connectivity index (χ3v) is 6.25. The number of nitrogens with one attached hydrogen (secondary N) is 2. The quantitative estimate of drug-likeness (QED) is 0.491. The van der Waals surface area contributed by atoms with Gasteiger partial charge in [-0.1, -0.05) is 52.9 Å². The number of amides is 1. The van der Waals surface area contributed by atoms with Crippen LogP contribution in [0.4, 0.5) is 10.8 Å². The Morgan fingerprint density at radius 2 is 1.86 bits per heavy atom. The normalized spacial score (nSPS) is 11.7. The highest BCUT2D eigenvalue weighted by Gasteiger charge is 2.17. The van der Waals surface area contributed by atoms with E-state index in [4.69, 9.17) is 4.74 Å². The lowest BCUT2D eigenvalue weighted by Gasteiger charge is -2.10. The molecule has 6 nitrogen and oxygen atoms in total. The van der Waals surface area contributed by atoms with Gasteiger partial charge in [0.05, 0.1) is 12.4 Å². The summed E-state index contributed by atoms with van der Waals surface area (Å²) >= 11 is 2.85. The van der Waals surface area contributed by atoms with Crippen molar-refractivity contribution in [1.82, 2.24) is 15.5 Å². The molecular weight excluding hydrogens is 404 g/mol. The number of carbonyl (C=O) groups excluding carboxylic acids is 1. The summed E-state index contributed by atoms with van der Waals surface area (Å²) in [5, 5.41) is 15.0. The molecule has 0 bridgehead atoms. The van der Waals surface area contributed by atoms with Crippen molar-refractivity contribution in [3.05, 3.63) is 59.7 Å². The number of hydrogen-bond donors (Lipinski definition) is 2. The largest absolute Gasteiger partial charge is 0.497 e. The monoisotopic (exact) mass is 428 g/mol. The second-order valence-electron chi connectivity index (χ2n) is 6.51. The zero-order valence-corrected chi connectivity index (χ0v) is 18.3. The molecule has 0 aliphatic rings. The molecule has 0 aliphatic heterocycles. The van der Waals surface area contributed by atoms with Gasteiger partial charge in [-0.05, 0) is 50.1 Å². The first-order valence-corrected chi connectivity index (χ1v) is 11.0. The van der Waals surface area contributed by atoms with Crippen molar-refractivity contribution in [3.63, 3.8) is 0 Å². The van der Waals surface area contributed by atoms with Gasteiger partial charge in [-0.25, -0.2) is 0 Å². The Hall–Kier alpha value is -2.58. The van der Waals surface area contributed by atoms with Crippen LogP contribution in [0.5, 0.6) is 5.75 Å².